The van der Waals surface area contributed by atoms with Crippen LogP contribution in [0.2, 0.25) is 0 Å². The quantitative estimate of drug-likeness (QED) is 0.630. The number of aryl methyl sites for hydroxylation is 1. The van der Waals surface area contributed by atoms with E-state index < -0.39 is 10.0 Å². The Labute approximate surface area is 172 Å². The average Bonchev–Trinajstić information content (AvgIpc) is 3.26. The van der Waals surface area contributed by atoms with Crippen LogP contribution < -0.4 is 4.72 Å². The number of hydrogen-bond acceptors (Lipinski definition) is 3. The number of allylic oxidation sites excluding steroid dienone is 1. The van der Waals surface area contributed by atoms with E-state index in [2.05, 4.69) is 29.9 Å². The molecule has 1 aliphatic carbocycles. The van der Waals surface area contributed by atoms with Gasteiger partial charge in [-0.15, -0.1) is 0 Å². The van der Waals surface area contributed by atoms with Gasteiger partial charge in [0.1, 0.15) is 0 Å². The van der Waals surface area contributed by atoms with Gasteiger partial charge in [0, 0.05) is 23.2 Å². The normalized spacial score (nSPS) is 19.0. The minimum Gasteiger partial charge on any atom is -0.265 e. The molecule has 0 unspecified atom stereocenters. The van der Waals surface area contributed by atoms with Crippen LogP contribution in [0.1, 0.15) is 34.9 Å². The van der Waals surface area contributed by atoms with Crippen LogP contribution in [-0.2, 0) is 16.6 Å². The monoisotopic (exact) mass is 407 g/mol. The number of hydrogen-bond donors (Lipinski definition) is 1. The molecule has 150 valence electrons. The molecule has 1 heterocycles. The van der Waals surface area contributed by atoms with E-state index in [1.807, 2.05) is 41.9 Å². The highest BCUT2D eigenvalue weighted by Gasteiger charge is 2.28. The van der Waals surface area contributed by atoms with E-state index in [1.54, 1.807) is 24.3 Å². The van der Waals surface area contributed by atoms with Crippen LogP contribution in [0.4, 0.5) is 0 Å². The second-order valence-electron chi connectivity index (χ2n) is 7.50. The molecule has 5 nitrogen and oxygen atoms in total. The van der Waals surface area contributed by atoms with Crippen molar-refractivity contribution in [1.82, 2.24) is 14.5 Å². The molecule has 0 bridgehead atoms. The molecule has 0 saturated heterocycles. The summed E-state index contributed by atoms with van der Waals surface area (Å²) in [4.78, 5) is 0.292. The van der Waals surface area contributed by atoms with Crippen LogP contribution in [0.5, 0.6) is 0 Å². The van der Waals surface area contributed by atoms with Gasteiger partial charge < -0.3 is 0 Å². The lowest BCUT2D eigenvalue weighted by atomic mass is 9.96. The van der Waals surface area contributed by atoms with Crippen molar-refractivity contribution in [3.8, 4) is 0 Å². The van der Waals surface area contributed by atoms with Crippen LogP contribution in [0.25, 0.3) is 0 Å². The maximum absolute atomic E-state index is 12.6. The number of benzene rings is 2. The van der Waals surface area contributed by atoms with Crippen LogP contribution in [0.15, 0.2) is 77.7 Å². The van der Waals surface area contributed by atoms with E-state index in [-0.39, 0.29) is 12.0 Å². The van der Waals surface area contributed by atoms with Crippen LogP contribution in [-0.4, -0.2) is 24.2 Å². The molecule has 0 amide bonds. The first kappa shape index (κ1) is 19.6. The maximum Gasteiger partial charge on any atom is 0.241 e. The summed E-state index contributed by atoms with van der Waals surface area (Å²) >= 11 is 0. The molecule has 1 aromatic heterocycles. The molecule has 29 heavy (non-hydrogen) atoms. The average molecular weight is 408 g/mol. The van der Waals surface area contributed by atoms with Crippen molar-refractivity contribution in [2.75, 3.05) is 0 Å². The number of rotatable bonds is 6. The van der Waals surface area contributed by atoms with E-state index in [0.29, 0.717) is 11.3 Å². The Hall–Kier alpha value is -2.70. The minimum absolute atomic E-state index is 0.156. The van der Waals surface area contributed by atoms with E-state index >= 15 is 0 Å². The number of nitrogens with one attached hydrogen (secondary N) is 1. The molecule has 6 heteroatoms. The first-order valence-corrected chi connectivity index (χ1v) is 11.3. The van der Waals surface area contributed by atoms with E-state index in [0.717, 1.165) is 17.9 Å². The van der Waals surface area contributed by atoms with Gasteiger partial charge in [-0.05, 0) is 38.0 Å². The van der Waals surface area contributed by atoms with Gasteiger partial charge in [-0.3, -0.25) is 4.68 Å². The Morgan fingerprint density at radius 1 is 1.00 bits per heavy atom. The predicted molar refractivity (Wildman–Crippen MR) is 114 cm³/mol. The van der Waals surface area contributed by atoms with Crippen molar-refractivity contribution in [1.29, 1.82) is 0 Å². The fourth-order valence-electron chi connectivity index (χ4n) is 4.03. The van der Waals surface area contributed by atoms with E-state index in [9.17, 15) is 8.42 Å². The Bertz CT molecular complexity index is 1120. The molecule has 0 aliphatic heterocycles. The number of nitrogens with zero attached hydrogens (tertiary/aromatic N) is 2. The third-order valence-electron chi connectivity index (χ3n) is 5.43. The van der Waals surface area contributed by atoms with Crippen LogP contribution in [0, 0.1) is 13.8 Å². The lowest BCUT2D eigenvalue weighted by Gasteiger charge is -2.15. The van der Waals surface area contributed by atoms with Crippen molar-refractivity contribution < 1.29 is 8.42 Å². The standard InChI is InChI=1S/C23H25N3O2S/c1-17-23(18(2)26(24-17)16-19-9-5-3-6-10-19)20-13-14-21(15-20)25-29(27,28)22-11-7-4-8-12-22/h3-14,20-21,25H,15-16H2,1-2H3/t20-,21+/m0/s1. The zero-order chi connectivity index (χ0) is 20.4. The summed E-state index contributed by atoms with van der Waals surface area (Å²) in [6, 6.07) is 18.5. The Morgan fingerprint density at radius 2 is 1.66 bits per heavy atom. The lowest BCUT2D eigenvalue weighted by molar-refractivity contribution is 0.563. The van der Waals surface area contributed by atoms with Crippen molar-refractivity contribution in [2.24, 2.45) is 0 Å². The zero-order valence-corrected chi connectivity index (χ0v) is 17.4. The second-order valence-corrected chi connectivity index (χ2v) is 9.21. The highest BCUT2D eigenvalue weighted by atomic mass is 32.2. The van der Waals surface area contributed by atoms with Crippen molar-refractivity contribution in [3.05, 3.63) is 95.3 Å². The van der Waals surface area contributed by atoms with Crippen molar-refractivity contribution in [2.45, 2.75) is 43.7 Å². The summed E-state index contributed by atoms with van der Waals surface area (Å²) in [6.45, 7) is 4.85. The lowest BCUT2D eigenvalue weighted by Crippen LogP contribution is -2.32. The first-order valence-electron chi connectivity index (χ1n) is 9.77. The smallest absolute Gasteiger partial charge is 0.241 e. The first-order chi connectivity index (χ1) is 13.9. The molecule has 4 rings (SSSR count). The summed E-state index contributed by atoms with van der Waals surface area (Å²) in [5.41, 5.74) is 4.53. The van der Waals surface area contributed by atoms with Crippen molar-refractivity contribution >= 4 is 10.0 Å². The third-order valence-corrected chi connectivity index (χ3v) is 6.93. The van der Waals surface area contributed by atoms with Gasteiger partial charge in [0.25, 0.3) is 0 Å². The van der Waals surface area contributed by atoms with Crippen molar-refractivity contribution in [3.63, 3.8) is 0 Å². The van der Waals surface area contributed by atoms with Gasteiger partial charge in [0.2, 0.25) is 10.0 Å². The summed E-state index contributed by atoms with van der Waals surface area (Å²) in [6.07, 6.45) is 4.76. The fourth-order valence-corrected chi connectivity index (χ4v) is 5.25. The largest absolute Gasteiger partial charge is 0.265 e. The Kier molecular flexibility index (Phi) is 5.39. The molecule has 1 N–H and O–H groups in total. The predicted octanol–water partition coefficient (Wildman–Crippen LogP) is 3.94. The van der Waals surface area contributed by atoms with Gasteiger partial charge >= 0.3 is 0 Å². The topological polar surface area (TPSA) is 64.0 Å². The SMILES string of the molecule is Cc1nn(Cc2ccccc2)c(C)c1[C@H]1C=C[C@@H](NS(=O)(=O)c2ccccc2)C1. The van der Waals surface area contributed by atoms with Gasteiger partial charge in [0.15, 0.2) is 0 Å². The summed E-state index contributed by atoms with van der Waals surface area (Å²) < 4.78 is 30.1. The summed E-state index contributed by atoms with van der Waals surface area (Å²) in [7, 11) is -3.53. The van der Waals surface area contributed by atoms with Gasteiger partial charge in [0.05, 0.1) is 17.1 Å². The van der Waals surface area contributed by atoms with Crippen LogP contribution in [0.3, 0.4) is 0 Å². The molecule has 2 atom stereocenters. The molecule has 2 aromatic carbocycles. The summed E-state index contributed by atoms with van der Waals surface area (Å²) in [5, 5.41) is 4.74. The minimum atomic E-state index is -3.53. The van der Waals surface area contributed by atoms with Gasteiger partial charge in [-0.2, -0.15) is 5.10 Å². The molecular weight excluding hydrogens is 382 g/mol. The molecule has 3 aromatic rings. The molecule has 0 fully saturated rings. The summed E-state index contributed by atoms with van der Waals surface area (Å²) in [5.74, 6) is 0.156. The molecule has 0 radical (unpaired) electrons. The zero-order valence-electron chi connectivity index (χ0n) is 16.6. The molecular formula is C23H25N3O2S. The number of aromatic nitrogens is 2. The van der Waals surface area contributed by atoms with Crippen LogP contribution >= 0.6 is 0 Å². The molecule has 0 spiro atoms. The van der Waals surface area contributed by atoms with E-state index in [1.165, 1.54) is 11.1 Å². The fraction of sp³-hybridized carbons (Fsp3) is 0.261. The molecule has 1 aliphatic rings. The van der Waals surface area contributed by atoms with Gasteiger partial charge in [-0.25, -0.2) is 13.1 Å². The molecule has 0 saturated carbocycles. The highest BCUT2D eigenvalue weighted by Crippen LogP contribution is 2.33. The Balaban J connectivity index is 1.49. The Morgan fingerprint density at radius 3 is 2.34 bits per heavy atom. The third kappa shape index (κ3) is 4.18. The van der Waals surface area contributed by atoms with Gasteiger partial charge in [-0.1, -0.05) is 60.7 Å². The number of sulfonamides is 1. The maximum atomic E-state index is 12.6. The highest BCUT2D eigenvalue weighted by molar-refractivity contribution is 7.89. The second kappa shape index (κ2) is 7.97. The van der Waals surface area contributed by atoms with E-state index in [4.69, 9.17) is 5.10 Å².